The topological polar surface area (TPSA) is 86.9 Å². The van der Waals surface area contributed by atoms with Crippen molar-refractivity contribution >= 4 is 10.0 Å². The zero-order valence-corrected chi connectivity index (χ0v) is 13.5. The fourth-order valence-corrected chi connectivity index (χ4v) is 3.47. The quantitative estimate of drug-likeness (QED) is 0.647. The van der Waals surface area contributed by atoms with Crippen molar-refractivity contribution in [1.29, 1.82) is 0 Å². The van der Waals surface area contributed by atoms with Crippen molar-refractivity contribution in [2.24, 2.45) is 5.92 Å². The Morgan fingerprint density at radius 3 is 2.60 bits per heavy atom. The van der Waals surface area contributed by atoms with Gasteiger partial charge in [-0.1, -0.05) is 26.7 Å². The standard InChI is InChI=1S/C13H26N4O2S/c1-10(2)6-5-7-11(3)17-20(18,19)13-12(8-14-4)9-15-16-13/h9-11,14,17H,5-8H2,1-4H3,(H,15,16). The summed E-state index contributed by atoms with van der Waals surface area (Å²) in [7, 11) is -1.76. The average molecular weight is 302 g/mol. The lowest BCUT2D eigenvalue weighted by Gasteiger charge is -2.14. The number of aromatic nitrogens is 2. The first kappa shape index (κ1) is 17.1. The van der Waals surface area contributed by atoms with E-state index in [0.29, 0.717) is 18.0 Å². The molecule has 1 heterocycles. The predicted molar refractivity (Wildman–Crippen MR) is 79.8 cm³/mol. The molecule has 0 aliphatic heterocycles. The highest BCUT2D eigenvalue weighted by atomic mass is 32.2. The molecule has 0 aliphatic carbocycles. The van der Waals surface area contributed by atoms with E-state index in [9.17, 15) is 8.42 Å². The normalized spacial score (nSPS) is 13.8. The van der Waals surface area contributed by atoms with E-state index in [-0.39, 0.29) is 11.1 Å². The monoisotopic (exact) mass is 302 g/mol. The Bertz CT molecular complexity index is 496. The van der Waals surface area contributed by atoms with Gasteiger partial charge in [-0.15, -0.1) is 0 Å². The van der Waals surface area contributed by atoms with Crippen molar-refractivity contribution in [3.05, 3.63) is 11.8 Å². The van der Waals surface area contributed by atoms with E-state index in [1.165, 1.54) is 6.20 Å². The van der Waals surface area contributed by atoms with Crippen molar-refractivity contribution in [2.45, 2.75) is 57.6 Å². The van der Waals surface area contributed by atoms with Gasteiger partial charge in [-0.05, 0) is 26.3 Å². The average Bonchev–Trinajstić information content (AvgIpc) is 2.77. The molecule has 0 aromatic carbocycles. The molecule has 0 radical (unpaired) electrons. The summed E-state index contributed by atoms with van der Waals surface area (Å²) in [4.78, 5) is 0. The molecule has 1 aromatic heterocycles. The summed E-state index contributed by atoms with van der Waals surface area (Å²) in [6.45, 7) is 6.70. The maximum absolute atomic E-state index is 12.3. The lowest BCUT2D eigenvalue weighted by atomic mass is 10.0. The van der Waals surface area contributed by atoms with Crippen LogP contribution in [0, 0.1) is 5.92 Å². The first-order valence-electron chi connectivity index (χ1n) is 7.06. The predicted octanol–water partition coefficient (Wildman–Crippen LogP) is 1.62. The molecular formula is C13H26N4O2S. The molecule has 116 valence electrons. The van der Waals surface area contributed by atoms with E-state index in [2.05, 4.69) is 34.1 Å². The Morgan fingerprint density at radius 1 is 1.30 bits per heavy atom. The molecule has 0 aliphatic rings. The highest BCUT2D eigenvalue weighted by molar-refractivity contribution is 7.89. The van der Waals surface area contributed by atoms with Gasteiger partial charge in [0.2, 0.25) is 0 Å². The molecule has 0 bridgehead atoms. The third kappa shape index (κ3) is 5.22. The molecule has 0 saturated heterocycles. The fraction of sp³-hybridized carbons (Fsp3) is 0.769. The third-order valence-electron chi connectivity index (χ3n) is 3.09. The molecule has 7 heteroatoms. The SMILES string of the molecule is CNCc1cn[nH]c1S(=O)(=O)NC(C)CCCC(C)C. The molecule has 0 fully saturated rings. The van der Waals surface area contributed by atoms with Crippen LogP contribution in [0.4, 0.5) is 0 Å². The number of aromatic amines is 1. The minimum absolute atomic E-state index is 0.0792. The molecule has 6 nitrogen and oxygen atoms in total. The Labute approximate surface area is 121 Å². The summed E-state index contributed by atoms with van der Waals surface area (Å²) in [5, 5.41) is 9.47. The number of sulfonamides is 1. The molecule has 1 aromatic rings. The summed E-state index contributed by atoms with van der Waals surface area (Å²) in [6.07, 6.45) is 4.51. The van der Waals surface area contributed by atoms with Crippen molar-refractivity contribution in [3.8, 4) is 0 Å². The highest BCUT2D eigenvalue weighted by Crippen LogP contribution is 2.14. The first-order valence-corrected chi connectivity index (χ1v) is 8.54. The summed E-state index contributed by atoms with van der Waals surface area (Å²) in [6, 6.07) is -0.0792. The summed E-state index contributed by atoms with van der Waals surface area (Å²) in [5.41, 5.74) is 0.648. The van der Waals surface area contributed by atoms with Gasteiger partial charge >= 0.3 is 0 Å². The van der Waals surface area contributed by atoms with Crippen molar-refractivity contribution in [2.75, 3.05) is 7.05 Å². The molecule has 1 atom stereocenters. The van der Waals surface area contributed by atoms with Crippen LogP contribution in [0.15, 0.2) is 11.2 Å². The van der Waals surface area contributed by atoms with Gasteiger partial charge < -0.3 is 5.32 Å². The molecule has 0 saturated carbocycles. The Kier molecular flexibility index (Phi) is 6.64. The zero-order valence-electron chi connectivity index (χ0n) is 12.7. The van der Waals surface area contributed by atoms with Gasteiger partial charge in [0.25, 0.3) is 10.0 Å². The van der Waals surface area contributed by atoms with Gasteiger partial charge in [-0.3, -0.25) is 5.10 Å². The second-order valence-corrected chi connectivity index (χ2v) is 7.25. The van der Waals surface area contributed by atoms with Crippen LogP contribution in [0.3, 0.4) is 0 Å². The maximum Gasteiger partial charge on any atom is 0.258 e. The molecule has 3 N–H and O–H groups in total. The van der Waals surface area contributed by atoms with E-state index in [1.807, 2.05) is 6.92 Å². The molecular weight excluding hydrogens is 276 g/mol. The van der Waals surface area contributed by atoms with Gasteiger partial charge in [-0.25, -0.2) is 13.1 Å². The largest absolute Gasteiger partial charge is 0.316 e. The Balaban J connectivity index is 2.62. The number of rotatable bonds is 9. The first-order chi connectivity index (χ1) is 9.36. The van der Waals surface area contributed by atoms with Crippen molar-refractivity contribution in [1.82, 2.24) is 20.2 Å². The van der Waals surface area contributed by atoms with E-state index in [4.69, 9.17) is 0 Å². The van der Waals surface area contributed by atoms with Crippen LogP contribution in [-0.2, 0) is 16.6 Å². The second-order valence-electron chi connectivity index (χ2n) is 5.60. The van der Waals surface area contributed by atoms with E-state index in [1.54, 1.807) is 7.05 Å². The van der Waals surface area contributed by atoms with E-state index in [0.717, 1.165) is 19.3 Å². The molecule has 0 spiro atoms. The van der Waals surface area contributed by atoms with Gasteiger partial charge in [0, 0.05) is 18.2 Å². The Morgan fingerprint density at radius 2 is 2.00 bits per heavy atom. The van der Waals surface area contributed by atoms with Crippen LogP contribution in [0.2, 0.25) is 0 Å². The molecule has 1 unspecified atom stereocenters. The number of hydrogen-bond acceptors (Lipinski definition) is 4. The van der Waals surface area contributed by atoms with Crippen LogP contribution in [0.5, 0.6) is 0 Å². The number of nitrogens with zero attached hydrogens (tertiary/aromatic N) is 1. The zero-order chi connectivity index (χ0) is 15.2. The maximum atomic E-state index is 12.3. The third-order valence-corrected chi connectivity index (χ3v) is 4.69. The second kappa shape index (κ2) is 7.75. The minimum Gasteiger partial charge on any atom is -0.316 e. The fourth-order valence-electron chi connectivity index (χ4n) is 2.06. The molecule has 1 rings (SSSR count). The summed E-state index contributed by atoms with van der Waals surface area (Å²) in [5.74, 6) is 0.647. The highest BCUT2D eigenvalue weighted by Gasteiger charge is 2.22. The number of H-pyrrole nitrogens is 1. The van der Waals surface area contributed by atoms with Crippen LogP contribution in [-0.4, -0.2) is 31.7 Å². The Hall–Kier alpha value is -0.920. The van der Waals surface area contributed by atoms with Crippen molar-refractivity contribution in [3.63, 3.8) is 0 Å². The smallest absolute Gasteiger partial charge is 0.258 e. The number of nitrogens with one attached hydrogen (secondary N) is 3. The van der Waals surface area contributed by atoms with E-state index < -0.39 is 10.0 Å². The number of hydrogen-bond donors (Lipinski definition) is 3. The van der Waals surface area contributed by atoms with Gasteiger partial charge in [0.05, 0.1) is 6.20 Å². The van der Waals surface area contributed by atoms with Crippen LogP contribution in [0.25, 0.3) is 0 Å². The lowest BCUT2D eigenvalue weighted by Crippen LogP contribution is -2.33. The minimum atomic E-state index is -3.53. The summed E-state index contributed by atoms with van der Waals surface area (Å²) < 4.78 is 27.3. The van der Waals surface area contributed by atoms with Crippen LogP contribution in [0.1, 0.15) is 45.6 Å². The van der Waals surface area contributed by atoms with E-state index >= 15 is 0 Å². The van der Waals surface area contributed by atoms with Crippen molar-refractivity contribution < 1.29 is 8.42 Å². The molecule has 0 amide bonds. The summed E-state index contributed by atoms with van der Waals surface area (Å²) >= 11 is 0. The van der Waals surface area contributed by atoms with Gasteiger partial charge in [0.15, 0.2) is 5.03 Å². The lowest BCUT2D eigenvalue weighted by molar-refractivity contribution is 0.487. The van der Waals surface area contributed by atoms with Crippen LogP contribution >= 0.6 is 0 Å². The molecule has 20 heavy (non-hydrogen) atoms. The van der Waals surface area contributed by atoms with Gasteiger partial charge in [0.1, 0.15) is 0 Å². The van der Waals surface area contributed by atoms with Gasteiger partial charge in [-0.2, -0.15) is 5.10 Å². The van der Waals surface area contributed by atoms with Crippen LogP contribution < -0.4 is 10.0 Å².